The second-order valence-electron chi connectivity index (χ2n) is 8.95. The Balaban J connectivity index is 1.61. The van der Waals surface area contributed by atoms with Crippen molar-refractivity contribution in [1.29, 1.82) is 0 Å². The molecule has 2 aromatic carbocycles. The first kappa shape index (κ1) is 21.8. The fourth-order valence-corrected chi connectivity index (χ4v) is 5.37. The van der Waals surface area contributed by atoms with Crippen LogP contribution in [0, 0.1) is 13.8 Å². The van der Waals surface area contributed by atoms with Crippen molar-refractivity contribution in [3.63, 3.8) is 0 Å². The van der Waals surface area contributed by atoms with Gasteiger partial charge in [-0.15, -0.1) is 0 Å². The normalized spacial score (nSPS) is 19.0. The quantitative estimate of drug-likeness (QED) is 0.709. The molecule has 1 heterocycles. The van der Waals surface area contributed by atoms with Crippen LogP contribution in [0.2, 0.25) is 0 Å². The summed E-state index contributed by atoms with van der Waals surface area (Å²) in [6, 6.07) is 11.7. The van der Waals surface area contributed by atoms with Crippen molar-refractivity contribution < 1.29 is 17.9 Å². The summed E-state index contributed by atoms with van der Waals surface area (Å²) in [5.74, 6) is 0.737. The maximum absolute atomic E-state index is 13.4. The number of aryl methyl sites for hydroxylation is 2. The molecule has 1 aliphatic carbocycles. The Morgan fingerprint density at radius 2 is 1.81 bits per heavy atom. The van der Waals surface area contributed by atoms with E-state index in [1.165, 1.54) is 6.26 Å². The summed E-state index contributed by atoms with van der Waals surface area (Å²) in [4.78, 5) is 15.2. The monoisotopic (exact) mass is 442 g/mol. The number of amides is 1. The summed E-state index contributed by atoms with van der Waals surface area (Å²) in [7, 11) is -3.27. The Morgan fingerprint density at radius 3 is 2.42 bits per heavy atom. The highest BCUT2D eigenvalue weighted by molar-refractivity contribution is 7.88. The van der Waals surface area contributed by atoms with Crippen LogP contribution in [-0.2, 0) is 23.1 Å². The topological polar surface area (TPSA) is 66.9 Å². The number of ether oxygens (including phenoxy) is 1. The maximum Gasteiger partial charge on any atom is 0.254 e. The van der Waals surface area contributed by atoms with E-state index in [0.717, 1.165) is 40.8 Å². The highest BCUT2D eigenvalue weighted by Gasteiger charge is 2.35. The average molecular weight is 443 g/mol. The molecule has 0 saturated heterocycles. The zero-order chi connectivity index (χ0) is 22.3. The molecule has 0 radical (unpaired) electrons. The van der Waals surface area contributed by atoms with Gasteiger partial charge < -0.3 is 9.64 Å². The molecule has 0 bridgehead atoms. The minimum atomic E-state index is -3.27. The van der Waals surface area contributed by atoms with E-state index in [2.05, 4.69) is 6.07 Å². The fraction of sp³-hybridized carbons (Fsp3) is 0.458. The Bertz CT molecular complexity index is 1090. The van der Waals surface area contributed by atoms with Gasteiger partial charge in [0.25, 0.3) is 5.91 Å². The average Bonchev–Trinajstić information content (AvgIpc) is 3.52. The van der Waals surface area contributed by atoms with E-state index < -0.39 is 10.0 Å². The molecule has 4 rings (SSSR count). The number of hydrogen-bond acceptors (Lipinski definition) is 4. The minimum absolute atomic E-state index is 0.0168. The Labute approximate surface area is 184 Å². The van der Waals surface area contributed by atoms with Gasteiger partial charge in [0.2, 0.25) is 10.0 Å². The molecular weight excluding hydrogens is 412 g/mol. The smallest absolute Gasteiger partial charge is 0.254 e. The molecule has 0 spiro atoms. The summed E-state index contributed by atoms with van der Waals surface area (Å²) < 4.78 is 32.0. The second kappa shape index (κ2) is 8.28. The van der Waals surface area contributed by atoms with E-state index in [4.69, 9.17) is 4.74 Å². The molecule has 6 nitrogen and oxygen atoms in total. The molecule has 2 aromatic rings. The number of benzene rings is 2. The van der Waals surface area contributed by atoms with Crippen LogP contribution in [0.3, 0.4) is 0 Å². The third kappa shape index (κ3) is 4.93. The van der Waals surface area contributed by atoms with Crippen molar-refractivity contribution in [2.45, 2.75) is 58.8 Å². The molecule has 2 aliphatic rings. The molecule has 31 heavy (non-hydrogen) atoms. The maximum atomic E-state index is 13.4. The van der Waals surface area contributed by atoms with Gasteiger partial charge in [-0.3, -0.25) is 4.79 Å². The van der Waals surface area contributed by atoms with Gasteiger partial charge in [-0.2, -0.15) is 4.31 Å². The fourth-order valence-electron chi connectivity index (χ4n) is 4.23. The summed E-state index contributed by atoms with van der Waals surface area (Å²) in [6.45, 7) is 7.17. The van der Waals surface area contributed by atoms with Gasteiger partial charge in [0, 0.05) is 23.7 Å². The van der Waals surface area contributed by atoms with Crippen molar-refractivity contribution in [2.24, 2.45) is 0 Å². The number of nitrogens with zero attached hydrogens (tertiary/aromatic N) is 2. The van der Waals surface area contributed by atoms with Gasteiger partial charge >= 0.3 is 0 Å². The summed E-state index contributed by atoms with van der Waals surface area (Å²) >= 11 is 0. The zero-order valence-electron chi connectivity index (χ0n) is 18.6. The number of sulfonamides is 1. The van der Waals surface area contributed by atoms with Crippen molar-refractivity contribution in [2.75, 3.05) is 12.9 Å². The van der Waals surface area contributed by atoms with Crippen LogP contribution < -0.4 is 4.74 Å². The van der Waals surface area contributed by atoms with Crippen molar-refractivity contribution in [3.05, 3.63) is 64.2 Å². The highest BCUT2D eigenvalue weighted by atomic mass is 32.2. The molecule has 1 unspecified atom stereocenters. The van der Waals surface area contributed by atoms with Crippen molar-refractivity contribution >= 4 is 15.9 Å². The van der Waals surface area contributed by atoms with E-state index in [1.807, 2.05) is 56.0 Å². The van der Waals surface area contributed by atoms with Crippen LogP contribution in [0.4, 0.5) is 0 Å². The summed E-state index contributed by atoms with van der Waals surface area (Å²) in [5, 5.41) is 0. The number of rotatable bonds is 5. The first-order valence-electron chi connectivity index (χ1n) is 10.7. The summed E-state index contributed by atoms with van der Waals surface area (Å²) in [5.41, 5.74) is 4.62. The van der Waals surface area contributed by atoms with E-state index in [-0.39, 0.29) is 18.0 Å². The molecule has 7 heteroatoms. The lowest BCUT2D eigenvalue weighted by Crippen LogP contribution is -2.39. The van der Waals surface area contributed by atoms with E-state index >= 15 is 0 Å². The third-order valence-electron chi connectivity index (χ3n) is 5.93. The van der Waals surface area contributed by atoms with Crippen LogP contribution in [0.1, 0.15) is 52.4 Å². The van der Waals surface area contributed by atoms with Gasteiger partial charge in [0.15, 0.2) is 0 Å². The van der Waals surface area contributed by atoms with Gasteiger partial charge in [-0.1, -0.05) is 23.3 Å². The Morgan fingerprint density at radius 1 is 1.13 bits per heavy atom. The van der Waals surface area contributed by atoms with Crippen molar-refractivity contribution in [3.8, 4) is 5.75 Å². The third-order valence-corrected chi connectivity index (χ3v) is 7.20. The molecule has 0 aromatic heterocycles. The first-order valence-corrected chi connectivity index (χ1v) is 12.6. The molecule has 0 N–H and O–H groups in total. The number of fused-ring (bicyclic) bond motifs is 1. The standard InChI is InChI=1S/C24H30N2O4S/c1-16-9-17(2)11-20(10-16)24(27)25-14-21-12-19(5-8-23(21)30-15-18(25)3)13-26(22-6-7-22)31(4,28)29/h5,8-12,18,22H,6-7,13-15H2,1-4H3. The number of hydrogen-bond donors (Lipinski definition) is 0. The number of carbonyl (C=O) groups excluding carboxylic acids is 1. The van der Waals surface area contributed by atoms with Gasteiger partial charge in [0.1, 0.15) is 12.4 Å². The van der Waals surface area contributed by atoms with Crippen LogP contribution in [0.5, 0.6) is 5.75 Å². The lowest BCUT2D eigenvalue weighted by atomic mass is 10.0. The minimum Gasteiger partial charge on any atom is -0.491 e. The molecule has 166 valence electrons. The molecule has 1 amide bonds. The van der Waals surface area contributed by atoms with Crippen molar-refractivity contribution in [1.82, 2.24) is 9.21 Å². The zero-order valence-corrected chi connectivity index (χ0v) is 19.4. The molecule has 1 aliphatic heterocycles. The van der Waals surface area contributed by atoms with Crippen LogP contribution in [-0.4, -0.2) is 48.5 Å². The van der Waals surface area contributed by atoms with E-state index in [9.17, 15) is 13.2 Å². The highest BCUT2D eigenvalue weighted by Crippen LogP contribution is 2.32. The second-order valence-corrected chi connectivity index (χ2v) is 10.9. The van der Waals surface area contributed by atoms with E-state index in [1.54, 1.807) is 4.31 Å². The number of carbonyl (C=O) groups is 1. The molecule has 1 saturated carbocycles. The Hall–Kier alpha value is -2.38. The molecule has 1 atom stereocenters. The van der Waals surface area contributed by atoms with Crippen LogP contribution in [0.25, 0.3) is 0 Å². The van der Waals surface area contributed by atoms with E-state index in [0.29, 0.717) is 25.3 Å². The van der Waals surface area contributed by atoms with Gasteiger partial charge in [-0.05, 0) is 63.4 Å². The van der Waals surface area contributed by atoms with Crippen LogP contribution >= 0.6 is 0 Å². The predicted octanol–water partition coefficient (Wildman–Crippen LogP) is 3.65. The molecule has 1 fully saturated rings. The lowest BCUT2D eigenvalue weighted by Gasteiger charge is -2.27. The Kier molecular flexibility index (Phi) is 5.83. The van der Waals surface area contributed by atoms with Gasteiger partial charge in [0.05, 0.1) is 18.8 Å². The SMILES string of the molecule is Cc1cc(C)cc(C(=O)N2Cc3cc(CN(C4CC4)S(C)(=O)=O)ccc3OCC2C)c1. The largest absolute Gasteiger partial charge is 0.491 e. The summed E-state index contributed by atoms with van der Waals surface area (Å²) in [6.07, 6.45) is 3.09. The molecular formula is C24H30N2O4S. The lowest BCUT2D eigenvalue weighted by molar-refractivity contribution is 0.0645. The first-order chi connectivity index (χ1) is 14.6. The predicted molar refractivity (Wildman–Crippen MR) is 121 cm³/mol. The van der Waals surface area contributed by atoms with Gasteiger partial charge in [-0.25, -0.2) is 8.42 Å². The van der Waals surface area contributed by atoms with Crippen LogP contribution in [0.15, 0.2) is 36.4 Å².